The minimum absolute atomic E-state index is 0.0662. The van der Waals surface area contributed by atoms with Gasteiger partial charge in [0.1, 0.15) is 12.4 Å². The largest absolute Gasteiger partial charge is 0.496 e. The molecule has 2 aromatic heterocycles. The highest BCUT2D eigenvalue weighted by Crippen LogP contribution is 2.31. The average Bonchev–Trinajstić information content (AvgIpc) is 3.75. The molecule has 1 saturated heterocycles. The van der Waals surface area contributed by atoms with E-state index >= 15 is 0 Å². The average molecular weight is 774 g/mol. The van der Waals surface area contributed by atoms with Gasteiger partial charge in [0.15, 0.2) is 0 Å². The lowest BCUT2D eigenvalue weighted by Crippen LogP contribution is -2.35. The van der Waals surface area contributed by atoms with E-state index in [0.717, 1.165) is 61.6 Å². The Morgan fingerprint density at radius 1 is 1.00 bits per heavy atom. The van der Waals surface area contributed by atoms with Crippen LogP contribution >= 0.6 is 23.2 Å². The normalized spacial score (nSPS) is 14.7. The molecule has 0 spiro atoms. The maximum Gasteiger partial charge on any atom is 0.411 e. The molecule has 5 aromatic rings. The first-order chi connectivity index (χ1) is 25.5. The molecule has 1 aliphatic rings. The van der Waals surface area contributed by atoms with Gasteiger partial charge >= 0.3 is 6.18 Å². The number of benzene rings is 3. The zero-order valence-electron chi connectivity index (χ0n) is 29.5. The number of carbonyl (C=O) groups excluding carboxylic acids is 1. The third kappa shape index (κ3) is 9.60. The fourth-order valence-corrected chi connectivity index (χ4v) is 7.01. The SMILES string of the molecule is COc1ccc(-n2ccnn2)cc1C(=O)N(C)CC(CCN1CCCN(c2nc3ccccc3n2CCOCC(F)(F)F)CC1)c1ccc(Cl)c(Cl)c1. The van der Waals surface area contributed by atoms with Crippen molar-refractivity contribution < 1.29 is 27.4 Å². The summed E-state index contributed by atoms with van der Waals surface area (Å²) in [4.78, 5) is 25.1. The highest BCUT2D eigenvalue weighted by molar-refractivity contribution is 6.42. The number of fused-ring (bicyclic) bond motifs is 1. The molecule has 3 aromatic carbocycles. The minimum atomic E-state index is -4.38. The van der Waals surface area contributed by atoms with Crippen molar-refractivity contribution in [1.82, 2.24) is 34.3 Å². The number of amides is 1. The number of alkyl halides is 3. The van der Waals surface area contributed by atoms with Gasteiger partial charge in [0, 0.05) is 45.7 Å². The Morgan fingerprint density at radius 2 is 1.83 bits per heavy atom. The molecule has 1 aliphatic heterocycles. The summed E-state index contributed by atoms with van der Waals surface area (Å²) in [5, 5.41) is 8.83. The van der Waals surface area contributed by atoms with Crippen LogP contribution < -0.4 is 9.64 Å². The summed E-state index contributed by atoms with van der Waals surface area (Å²) < 4.78 is 52.2. The summed E-state index contributed by atoms with van der Waals surface area (Å²) in [6, 6.07) is 18.5. The first-order valence-corrected chi connectivity index (χ1v) is 18.1. The van der Waals surface area contributed by atoms with Crippen LogP contribution in [0.4, 0.5) is 19.1 Å². The summed E-state index contributed by atoms with van der Waals surface area (Å²) in [5.41, 5.74) is 3.69. The van der Waals surface area contributed by atoms with E-state index in [4.69, 9.17) is 37.7 Å². The molecule has 0 N–H and O–H groups in total. The smallest absolute Gasteiger partial charge is 0.411 e. The Kier molecular flexibility index (Phi) is 12.4. The van der Waals surface area contributed by atoms with E-state index in [1.165, 1.54) is 7.11 Å². The number of aromatic nitrogens is 5. The number of para-hydroxylation sites is 2. The molecule has 1 atom stereocenters. The second-order valence-corrected chi connectivity index (χ2v) is 13.8. The summed E-state index contributed by atoms with van der Waals surface area (Å²) in [6.07, 6.45) is 0.499. The Hall–Kier alpha value is -4.37. The van der Waals surface area contributed by atoms with Crippen LogP contribution in [0.1, 0.15) is 34.7 Å². The number of nitrogens with zero attached hydrogens (tertiary/aromatic N) is 8. The van der Waals surface area contributed by atoms with Crippen molar-refractivity contribution in [3.8, 4) is 11.4 Å². The van der Waals surface area contributed by atoms with Crippen molar-refractivity contribution in [1.29, 1.82) is 0 Å². The number of halogens is 5. The molecule has 0 radical (unpaired) electrons. The molecule has 6 rings (SSSR count). The molecular weight excluding hydrogens is 732 g/mol. The summed E-state index contributed by atoms with van der Waals surface area (Å²) in [5.74, 6) is 0.906. The second kappa shape index (κ2) is 17.2. The van der Waals surface area contributed by atoms with E-state index in [9.17, 15) is 18.0 Å². The van der Waals surface area contributed by atoms with Crippen molar-refractivity contribution in [2.75, 3.05) is 71.5 Å². The van der Waals surface area contributed by atoms with Gasteiger partial charge in [-0.25, -0.2) is 9.67 Å². The molecule has 3 heterocycles. The number of hydrogen-bond acceptors (Lipinski definition) is 8. The van der Waals surface area contributed by atoms with Gasteiger partial charge in [-0.1, -0.05) is 46.6 Å². The molecule has 1 fully saturated rings. The van der Waals surface area contributed by atoms with Gasteiger partial charge in [0.25, 0.3) is 5.91 Å². The fraction of sp³-hybridized carbons (Fsp3) is 0.405. The highest BCUT2D eigenvalue weighted by atomic mass is 35.5. The number of hydrogen-bond donors (Lipinski definition) is 0. The quantitative estimate of drug-likeness (QED) is 0.112. The third-order valence-electron chi connectivity index (χ3n) is 9.38. The Balaban J connectivity index is 1.15. The van der Waals surface area contributed by atoms with Crippen molar-refractivity contribution in [3.63, 3.8) is 0 Å². The maximum atomic E-state index is 13.9. The number of likely N-dealkylation sites (N-methyl/N-ethyl adjacent to an activating group) is 1. The zero-order chi connectivity index (χ0) is 37.5. The number of methoxy groups -OCH3 is 1. The van der Waals surface area contributed by atoms with Crippen LogP contribution in [0.3, 0.4) is 0 Å². The molecule has 1 amide bonds. The van der Waals surface area contributed by atoms with Crippen molar-refractivity contribution in [2.24, 2.45) is 0 Å². The van der Waals surface area contributed by atoms with E-state index in [0.29, 0.717) is 40.1 Å². The van der Waals surface area contributed by atoms with Crippen molar-refractivity contribution >= 4 is 46.1 Å². The Labute approximate surface area is 315 Å². The van der Waals surface area contributed by atoms with Gasteiger partial charge in [-0.2, -0.15) is 13.2 Å². The lowest BCUT2D eigenvalue weighted by atomic mass is 9.94. The maximum absolute atomic E-state index is 13.9. The summed E-state index contributed by atoms with van der Waals surface area (Å²) >= 11 is 12.8. The lowest BCUT2D eigenvalue weighted by molar-refractivity contribution is -0.174. The van der Waals surface area contributed by atoms with Gasteiger partial charge in [-0.15, -0.1) is 5.10 Å². The number of imidazole rings is 1. The van der Waals surface area contributed by atoms with E-state index in [-0.39, 0.29) is 25.0 Å². The van der Waals surface area contributed by atoms with Crippen LogP contribution in [0.15, 0.2) is 73.1 Å². The van der Waals surface area contributed by atoms with E-state index in [1.807, 2.05) is 47.0 Å². The molecule has 1 unspecified atom stereocenters. The summed E-state index contributed by atoms with van der Waals surface area (Å²) in [6.45, 7) is 3.08. The van der Waals surface area contributed by atoms with Crippen LogP contribution in [0.25, 0.3) is 16.7 Å². The number of ether oxygens (including phenoxy) is 2. The molecule has 11 nitrogen and oxygen atoms in total. The zero-order valence-corrected chi connectivity index (χ0v) is 31.0. The predicted octanol–water partition coefficient (Wildman–Crippen LogP) is 6.97. The first kappa shape index (κ1) is 38.4. The molecule has 16 heteroatoms. The molecular formula is C37H41Cl2F3N8O3. The van der Waals surface area contributed by atoms with Crippen LogP contribution in [-0.2, 0) is 11.3 Å². The second-order valence-electron chi connectivity index (χ2n) is 13.0. The van der Waals surface area contributed by atoms with Gasteiger partial charge in [0.05, 0.1) is 58.4 Å². The number of rotatable bonds is 14. The van der Waals surface area contributed by atoms with Crippen molar-refractivity contribution in [2.45, 2.75) is 31.5 Å². The molecule has 0 saturated carbocycles. The van der Waals surface area contributed by atoms with E-state index < -0.39 is 12.8 Å². The van der Waals surface area contributed by atoms with Gasteiger partial charge in [-0.05, 0) is 74.0 Å². The predicted molar refractivity (Wildman–Crippen MR) is 199 cm³/mol. The van der Waals surface area contributed by atoms with Crippen LogP contribution in [0.5, 0.6) is 5.75 Å². The van der Waals surface area contributed by atoms with Crippen LogP contribution in [-0.4, -0.2) is 113 Å². The minimum Gasteiger partial charge on any atom is -0.496 e. The Morgan fingerprint density at radius 3 is 2.58 bits per heavy atom. The standard InChI is InChI=1S/C37H41Cl2F3N8O3/c1-46(35(51)29-23-28(9-11-34(29)52-2)50-17-13-43-45-50)24-27(26-8-10-30(38)31(39)22-26)12-16-47-14-5-15-48(19-18-47)36-44-32-6-3-4-7-33(32)49(36)20-21-53-25-37(40,41)42/h3-4,6-11,13,17,22-23,27H,5,12,14-16,18-21,24-25H2,1-2H3. The number of anilines is 1. The molecule has 282 valence electrons. The third-order valence-corrected chi connectivity index (χ3v) is 10.1. The van der Waals surface area contributed by atoms with Gasteiger partial charge in [0.2, 0.25) is 5.95 Å². The fourth-order valence-electron chi connectivity index (χ4n) is 6.70. The Bertz CT molecular complexity index is 1990. The molecule has 0 aliphatic carbocycles. The van der Waals surface area contributed by atoms with Gasteiger partial charge in [-0.3, -0.25) is 4.79 Å². The van der Waals surface area contributed by atoms with Crippen molar-refractivity contribution in [3.05, 3.63) is 94.2 Å². The molecule has 53 heavy (non-hydrogen) atoms. The highest BCUT2D eigenvalue weighted by Gasteiger charge is 2.28. The van der Waals surface area contributed by atoms with E-state index in [1.54, 1.807) is 47.2 Å². The lowest BCUT2D eigenvalue weighted by Gasteiger charge is -2.28. The van der Waals surface area contributed by atoms with Crippen LogP contribution in [0, 0.1) is 0 Å². The van der Waals surface area contributed by atoms with E-state index in [2.05, 4.69) is 20.1 Å². The topological polar surface area (TPSA) is 93.8 Å². The molecule has 0 bridgehead atoms. The summed E-state index contributed by atoms with van der Waals surface area (Å²) in [7, 11) is 3.31. The van der Waals surface area contributed by atoms with Crippen LogP contribution in [0.2, 0.25) is 10.0 Å². The first-order valence-electron chi connectivity index (χ1n) is 17.3. The monoisotopic (exact) mass is 772 g/mol. The number of carbonyl (C=O) groups is 1. The van der Waals surface area contributed by atoms with Gasteiger partial charge < -0.3 is 28.7 Å².